The van der Waals surface area contributed by atoms with E-state index in [-0.39, 0.29) is 30.3 Å². The highest BCUT2D eigenvalue weighted by molar-refractivity contribution is 5.98. The molecule has 2 amide bonds. The molecule has 0 radical (unpaired) electrons. The van der Waals surface area contributed by atoms with E-state index < -0.39 is 0 Å². The molecule has 0 bridgehead atoms. The Kier molecular flexibility index (Phi) is 3.24. The highest BCUT2D eigenvalue weighted by Crippen LogP contribution is 2.32. The van der Waals surface area contributed by atoms with Gasteiger partial charge in [0.05, 0.1) is 0 Å². The molecule has 1 saturated heterocycles. The van der Waals surface area contributed by atoms with E-state index in [9.17, 15) is 9.59 Å². The molecule has 0 aromatic heterocycles. The van der Waals surface area contributed by atoms with Crippen LogP contribution in [-0.4, -0.2) is 35.8 Å². The maximum absolute atomic E-state index is 12.3. The first kappa shape index (κ1) is 13.2. The van der Waals surface area contributed by atoms with Gasteiger partial charge in [-0.3, -0.25) is 9.59 Å². The van der Waals surface area contributed by atoms with Crippen LogP contribution in [0, 0.1) is 12.8 Å². The number of aryl methyl sites for hydroxylation is 1. The van der Waals surface area contributed by atoms with E-state index in [1.165, 1.54) is 5.56 Å². The topological polar surface area (TPSA) is 40.6 Å². The van der Waals surface area contributed by atoms with Crippen molar-refractivity contribution in [2.24, 2.45) is 5.92 Å². The first-order valence-corrected chi connectivity index (χ1v) is 7.24. The Bertz CT molecular complexity index is 534. The minimum Gasteiger partial charge on any atom is -0.329 e. The average Bonchev–Trinajstić information content (AvgIpc) is 3.26. The Labute approximate surface area is 119 Å². The van der Waals surface area contributed by atoms with Crippen LogP contribution in [-0.2, 0) is 9.59 Å². The van der Waals surface area contributed by atoms with Crippen LogP contribution in [0.2, 0.25) is 0 Å². The van der Waals surface area contributed by atoms with Gasteiger partial charge < -0.3 is 9.80 Å². The molecule has 2 aliphatic rings. The van der Waals surface area contributed by atoms with Crippen LogP contribution < -0.4 is 4.90 Å². The van der Waals surface area contributed by atoms with Crippen LogP contribution in [0.4, 0.5) is 5.69 Å². The Morgan fingerprint density at radius 2 is 1.85 bits per heavy atom. The van der Waals surface area contributed by atoms with Gasteiger partial charge in [0.15, 0.2) is 0 Å². The third-order valence-corrected chi connectivity index (χ3v) is 4.14. The molecular formula is C16H20N2O2. The minimum atomic E-state index is 0.0148. The Balaban J connectivity index is 1.75. The molecule has 0 unspecified atom stereocenters. The molecule has 1 aliphatic heterocycles. The van der Waals surface area contributed by atoms with E-state index in [2.05, 4.69) is 0 Å². The SMILES string of the molecule is Cc1ccc(N2C[C@H](C)N(C(=O)C3CC3)CC2=O)cc1. The monoisotopic (exact) mass is 272 g/mol. The lowest BCUT2D eigenvalue weighted by Gasteiger charge is -2.39. The molecule has 2 fully saturated rings. The smallest absolute Gasteiger partial charge is 0.246 e. The van der Waals surface area contributed by atoms with Crippen molar-refractivity contribution in [2.45, 2.75) is 32.7 Å². The molecule has 1 heterocycles. The molecule has 106 valence electrons. The molecule has 1 aromatic rings. The van der Waals surface area contributed by atoms with Gasteiger partial charge in [-0.1, -0.05) is 17.7 Å². The van der Waals surface area contributed by atoms with Crippen molar-refractivity contribution < 1.29 is 9.59 Å². The molecule has 1 aromatic carbocycles. The van der Waals surface area contributed by atoms with Crippen molar-refractivity contribution in [2.75, 3.05) is 18.0 Å². The summed E-state index contributed by atoms with van der Waals surface area (Å²) in [6.45, 7) is 4.85. The van der Waals surface area contributed by atoms with Gasteiger partial charge in [0.25, 0.3) is 0 Å². The van der Waals surface area contributed by atoms with Gasteiger partial charge in [-0.25, -0.2) is 0 Å². The lowest BCUT2D eigenvalue weighted by molar-refractivity contribution is -0.140. The molecule has 1 saturated carbocycles. The van der Waals surface area contributed by atoms with E-state index in [1.54, 1.807) is 9.80 Å². The predicted octanol–water partition coefficient (Wildman–Crippen LogP) is 1.97. The van der Waals surface area contributed by atoms with Crippen molar-refractivity contribution in [1.82, 2.24) is 4.90 Å². The zero-order valence-electron chi connectivity index (χ0n) is 12.0. The molecule has 4 heteroatoms. The summed E-state index contributed by atoms with van der Waals surface area (Å²) in [6, 6.07) is 8.04. The number of amides is 2. The number of rotatable bonds is 2. The number of benzene rings is 1. The quantitative estimate of drug-likeness (QED) is 0.826. The standard InChI is InChI=1S/C16H20N2O2/c1-11-3-7-14(8-4-11)18-9-12(2)17(10-15(18)19)16(20)13-5-6-13/h3-4,7-8,12-13H,5-6,9-10H2,1-2H3/t12-/m0/s1. The second kappa shape index (κ2) is 4.93. The van der Waals surface area contributed by atoms with Crippen LogP contribution in [0.1, 0.15) is 25.3 Å². The van der Waals surface area contributed by atoms with E-state index in [1.807, 2.05) is 38.1 Å². The lowest BCUT2D eigenvalue weighted by Crippen LogP contribution is -2.57. The summed E-state index contributed by atoms with van der Waals surface area (Å²) in [5.41, 5.74) is 2.10. The van der Waals surface area contributed by atoms with Crippen molar-refractivity contribution in [3.63, 3.8) is 0 Å². The molecule has 4 nitrogen and oxygen atoms in total. The minimum absolute atomic E-state index is 0.0148. The van der Waals surface area contributed by atoms with Gasteiger partial charge in [0.1, 0.15) is 6.54 Å². The van der Waals surface area contributed by atoms with Crippen molar-refractivity contribution in [3.8, 4) is 0 Å². The summed E-state index contributed by atoms with van der Waals surface area (Å²) in [7, 11) is 0. The van der Waals surface area contributed by atoms with Gasteiger partial charge in [-0.15, -0.1) is 0 Å². The second-order valence-corrected chi connectivity index (χ2v) is 5.93. The number of carbonyl (C=O) groups is 2. The van der Waals surface area contributed by atoms with Crippen LogP contribution >= 0.6 is 0 Å². The van der Waals surface area contributed by atoms with Gasteiger partial charge in [0.2, 0.25) is 11.8 Å². The van der Waals surface area contributed by atoms with Gasteiger partial charge in [-0.05, 0) is 38.8 Å². The third kappa shape index (κ3) is 2.42. The third-order valence-electron chi connectivity index (χ3n) is 4.14. The van der Waals surface area contributed by atoms with Crippen molar-refractivity contribution in [3.05, 3.63) is 29.8 Å². The summed E-state index contributed by atoms with van der Waals surface area (Å²) >= 11 is 0. The number of piperazine rings is 1. The fraction of sp³-hybridized carbons (Fsp3) is 0.500. The largest absolute Gasteiger partial charge is 0.329 e. The Morgan fingerprint density at radius 1 is 1.20 bits per heavy atom. The number of nitrogens with zero attached hydrogens (tertiary/aromatic N) is 2. The fourth-order valence-corrected chi connectivity index (χ4v) is 2.69. The molecule has 20 heavy (non-hydrogen) atoms. The van der Waals surface area contributed by atoms with Crippen LogP contribution in [0.15, 0.2) is 24.3 Å². The summed E-state index contributed by atoms with van der Waals surface area (Å²) in [6.07, 6.45) is 1.97. The van der Waals surface area contributed by atoms with Gasteiger partial charge in [0, 0.05) is 24.2 Å². The number of hydrogen-bond acceptors (Lipinski definition) is 2. The zero-order valence-corrected chi connectivity index (χ0v) is 12.0. The summed E-state index contributed by atoms with van der Waals surface area (Å²) in [5.74, 6) is 0.353. The Morgan fingerprint density at radius 3 is 2.45 bits per heavy atom. The maximum Gasteiger partial charge on any atom is 0.246 e. The van der Waals surface area contributed by atoms with E-state index >= 15 is 0 Å². The van der Waals surface area contributed by atoms with Gasteiger partial charge in [-0.2, -0.15) is 0 Å². The molecule has 1 atom stereocenters. The number of anilines is 1. The molecular weight excluding hydrogens is 252 g/mol. The van der Waals surface area contributed by atoms with Gasteiger partial charge >= 0.3 is 0 Å². The van der Waals surface area contributed by atoms with E-state index in [4.69, 9.17) is 0 Å². The maximum atomic E-state index is 12.3. The summed E-state index contributed by atoms with van der Waals surface area (Å²) in [5, 5.41) is 0. The van der Waals surface area contributed by atoms with E-state index in [0.717, 1.165) is 18.5 Å². The highest BCUT2D eigenvalue weighted by atomic mass is 16.2. The normalized spacial score (nSPS) is 23.1. The molecule has 0 spiro atoms. The predicted molar refractivity (Wildman–Crippen MR) is 77.4 cm³/mol. The summed E-state index contributed by atoms with van der Waals surface area (Å²) in [4.78, 5) is 28.0. The van der Waals surface area contributed by atoms with Crippen molar-refractivity contribution >= 4 is 17.5 Å². The molecule has 1 aliphatic carbocycles. The Hall–Kier alpha value is -1.84. The molecule has 0 N–H and O–H groups in total. The first-order valence-electron chi connectivity index (χ1n) is 7.24. The zero-order chi connectivity index (χ0) is 14.3. The summed E-state index contributed by atoms with van der Waals surface area (Å²) < 4.78 is 0. The second-order valence-electron chi connectivity index (χ2n) is 5.93. The first-order chi connectivity index (χ1) is 9.56. The van der Waals surface area contributed by atoms with Crippen molar-refractivity contribution in [1.29, 1.82) is 0 Å². The fourth-order valence-electron chi connectivity index (χ4n) is 2.69. The van der Waals surface area contributed by atoms with Crippen LogP contribution in [0.25, 0.3) is 0 Å². The van der Waals surface area contributed by atoms with Crippen LogP contribution in [0.5, 0.6) is 0 Å². The molecule has 3 rings (SSSR count). The lowest BCUT2D eigenvalue weighted by atomic mass is 10.1. The average molecular weight is 272 g/mol. The van der Waals surface area contributed by atoms with Crippen LogP contribution in [0.3, 0.4) is 0 Å². The number of carbonyl (C=O) groups excluding carboxylic acids is 2. The highest BCUT2D eigenvalue weighted by Gasteiger charge is 2.39. The van der Waals surface area contributed by atoms with E-state index in [0.29, 0.717) is 6.54 Å². The number of hydrogen-bond donors (Lipinski definition) is 0.